The Labute approximate surface area is 241 Å². The highest BCUT2D eigenvalue weighted by atomic mass is 35.5. The number of halogens is 8. The number of aryl methyl sites for hydroxylation is 1. The molecule has 0 aliphatic rings. The van der Waals surface area contributed by atoms with Crippen LogP contribution in [0.5, 0.6) is 0 Å². The molecule has 2 aromatic carbocycles. The molecule has 3 aromatic rings. The molecule has 0 saturated carbocycles. The molecule has 1 N–H and O–H groups in total. The highest BCUT2D eigenvalue weighted by Gasteiger charge is 2.31. The molecule has 0 fully saturated rings. The second-order valence-electron chi connectivity index (χ2n) is 9.65. The van der Waals surface area contributed by atoms with Crippen LogP contribution in [0, 0.1) is 5.82 Å². The van der Waals surface area contributed by atoms with Crippen molar-refractivity contribution in [3.8, 4) is 0 Å². The standard InChI is InChI=1S/C21H20ClF4N.C10H14F3N/c1-3-4-5-15-16-10-17(22)18(23)11-19(16)27-20(15)12(2)13-6-8-14(9-7-13)21(24,25)26;1-4-5-9(3)14-7-6-8(2)10(11,12)13/h6-12,27H,3-5H2,1-2H3;5-7H,4H2,1-3H3/b;8-6+,9-5+,14-7+. The zero-order valence-electron chi connectivity index (χ0n) is 23.6. The molecular weight excluding hydrogens is 569 g/mol. The van der Waals surface area contributed by atoms with Crippen LogP contribution < -0.4 is 0 Å². The van der Waals surface area contributed by atoms with E-state index >= 15 is 0 Å². The number of hydrogen-bond donors (Lipinski definition) is 1. The van der Waals surface area contributed by atoms with Gasteiger partial charge in [0.2, 0.25) is 0 Å². The average Bonchev–Trinajstić information content (AvgIpc) is 3.23. The predicted molar refractivity (Wildman–Crippen MR) is 153 cm³/mol. The van der Waals surface area contributed by atoms with Crippen LogP contribution in [-0.4, -0.2) is 17.4 Å². The van der Waals surface area contributed by atoms with E-state index < -0.39 is 29.3 Å². The van der Waals surface area contributed by atoms with Crippen molar-refractivity contribution in [2.75, 3.05) is 0 Å². The number of rotatable bonds is 8. The lowest BCUT2D eigenvalue weighted by atomic mass is 9.92. The molecule has 0 aliphatic heterocycles. The largest absolute Gasteiger partial charge is 0.416 e. The molecule has 2 nitrogen and oxygen atoms in total. The van der Waals surface area contributed by atoms with Crippen LogP contribution >= 0.6 is 11.6 Å². The lowest BCUT2D eigenvalue weighted by molar-refractivity contribution is -0.137. The summed E-state index contributed by atoms with van der Waals surface area (Å²) in [6.45, 7) is 8.72. The zero-order valence-corrected chi connectivity index (χ0v) is 24.3. The Bertz CT molecular complexity index is 1380. The molecule has 0 bridgehead atoms. The first-order valence-electron chi connectivity index (χ1n) is 13.2. The van der Waals surface area contributed by atoms with Gasteiger partial charge in [-0.1, -0.05) is 57.0 Å². The Morgan fingerprint density at radius 2 is 1.66 bits per heavy atom. The Balaban J connectivity index is 0.000000357. The summed E-state index contributed by atoms with van der Waals surface area (Å²) in [5, 5.41) is 0.927. The average molecular weight is 603 g/mol. The molecule has 0 spiro atoms. The third-order valence-electron chi connectivity index (χ3n) is 6.48. The van der Waals surface area contributed by atoms with Crippen LogP contribution in [0.1, 0.15) is 82.2 Å². The van der Waals surface area contributed by atoms with E-state index in [1.165, 1.54) is 24.4 Å². The van der Waals surface area contributed by atoms with E-state index in [1.807, 2.05) is 19.9 Å². The molecule has 1 aromatic heterocycles. The van der Waals surface area contributed by atoms with Crippen molar-refractivity contribution in [3.63, 3.8) is 0 Å². The van der Waals surface area contributed by atoms with Crippen LogP contribution in [0.3, 0.4) is 0 Å². The lowest BCUT2D eigenvalue weighted by Crippen LogP contribution is -2.08. The van der Waals surface area contributed by atoms with Crippen LogP contribution in [0.15, 0.2) is 64.8 Å². The number of nitrogens with one attached hydrogen (secondary N) is 1. The second-order valence-corrected chi connectivity index (χ2v) is 10.1. The predicted octanol–water partition coefficient (Wildman–Crippen LogP) is 11.4. The van der Waals surface area contributed by atoms with Gasteiger partial charge in [0.15, 0.2) is 0 Å². The molecule has 0 saturated heterocycles. The molecule has 41 heavy (non-hydrogen) atoms. The van der Waals surface area contributed by atoms with Crippen molar-refractivity contribution in [2.24, 2.45) is 4.99 Å². The summed E-state index contributed by atoms with van der Waals surface area (Å²) >= 11 is 5.96. The third kappa shape index (κ3) is 9.76. The topological polar surface area (TPSA) is 28.1 Å². The molecule has 1 unspecified atom stereocenters. The molecule has 1 heterocycles. The monoisotopic (exact) mass is 602 g/mol. The first-order valence-corrected chi connectivity index (χ1v) is 13.6. The molecule has 0 amide bonds. The summed E-state index contributed by atoms with van der Waals surface area (Å²) in [6.07, 6.45) is -1.07. The van der Waals surface area contributed by atoms with Gasteiger partial charge in [0.25, 0.3) is 0 Å². The minimum atomic E-state index is -4.36. The minimum absolute atomic E-state index is 0.0629. The summed E-state index contributed by atoms with van der Waals surface area (Å²) in [4.78, 5) is 7.09. The maximum atomic E-state index is 13.9. The van der Waals surface area contributed by atoms with Gasteiger partial charge in [-0.25, -0.2) is 4.39 Å². The van der Waals surface area contributed by atoms with Crippen LogP contribution in [-0.2, 0) is 12.6 Å². The fourth-order valence-electron chi connectivity index (χ4n) is 4.09. The third-order valence-corrected chi connectivity index (χ3v) is 6.77. The van der Waals surface area contributed by atoms with Gasteiger partial charge in [0.1, 0.15) is 5.82 Å². The normalized spacial score (nSPS) is 14.0. The van der Waals surface area contributed by atoms with E-state index in [-0.39, 0.29) is 10.9 Å². The summed E-state index contributed by atoms with van der Waals surface area (Å²) in [7, 11) is 0. The molecule has 10 heteroatoms. The number of H-pyrrole nitrogens is 1. The van der Waals surface area contributed by atoms with Gasteiger partial charge in [0, 0.05) is 40.0 Å². The Hall–Kier alpha value is -3.07. The summed E-state index contributed by atoms with van der Waals surface area (Å²) in [6, 6.07) is 8.17. The molecule has 0 radical (unpaired) electrons. The van der Waals surface area contributed by atoms with Crippen molar-refractivity contribution < 1.29 is 30.7 Å². The number of aromatic amines is 1. The van der Waals surface area contributed by atoms with Gasteiger partial charge in [-0.3, -0.25) is 4.99 Å². The Morgan fingerprint density at radius 1 is 1.02 bits per heavy atom. The van der Waals surface area contributed by atoms with Crippen molar-refractivity contribution in [1.29, 1.82) is 0 Å². The highest BCUT2D eigenvalue weighted by molar-refractivity contribution is 6.31. The number of aliphatic imine (C=N–C) groups is 1. The molecular formula is C31H34ClF7N2. The lowest BCUT2D eigenvalue weighted by Gasteiger charge is -2.15. The SMILES string of the molecule is CC/C=C(C)/N=C/C=C(\C)C(F)(F)F.CCCCc1c(C(C)c2ccc(C(F)(F)F)cc2)[nH]c2cc(F)c(Cl)cc12. The van der Waals surface area contributed by atoms with Crippen LogP contribution in [0.4, 0.5) is 30.7 Å². The summed E-state index contributed by atoms with van der Waals surface area (Å²) in [5.74, 6) is -0.658. The number of unbranched alkanes of at least 4 members (excludes halogenated alkanes) is 1. The number of benzene rings is 2. The highest BCUT2D eigenvalue weighted by Crippen LogP contribution is 2.36. The van der Waals surface area contributed by atoms with Crippen molar-refractivity contribution in [1.82, 2.24) is 4.98 Å². The fourth-order valence-corrected chi connectivity index (χ4v) is 4.26. The molecule has 3 rings (SSSR count). The first-order chi connectivity index (χ1) is 19.1. The smallest absolute Gasteiger partial charge is 0.358 e. The van der Waals surface area contributed by atoms with Crippen LogP contribution in [0.25, 0.3) is 10.9 Å². The molecule has 0 aliphatic carbocycles. The van der Waals surface area contributed by atoms with E-state index in [0.717, 1.165) is 78.7 Å². The fraction of sp³-hybridized carbons (Fsp3) is 0.387. The molecule has 224 valence electrons. The quantitative estimate of drug-likeness (QED) is 0.196. The van der Waals surface area contributed by atoms with E-state index in [2.05, 4.69) is 16.9 Å². The van der Waals surface area contributed by atoms with E-state index in [0.29, 0.717) is 5.52 Å². The van der Waals surface area contributed by atoms with Gasteiger partial charge in [-0.2, -0.15) is 26.3 Å². The van der Waals surface area contributed by atoms with Gasteiger partial charge < -0.3 is 4.98 Å². The number of allylic oxidation sites excluding steroid dienone is 4. The number of aromatic nitrogens is 1. The van der Waals surface area contributed by atoms with Crippen molar-refractivity contribution >= 4 is 28.7 Å². The summed E-state index contributed by atoms with van der Waals surface area (Å²) in [5.41, 5.74) is 2.75. The second kappa shape index (κ2) is 14.7. The van der Waals surface area contributed by atoms with Gasteiger partial charge in [-0.05, 0) is 74.6 Å². The number of fused-ring (bicyclic) bond motifs is 1. The molecule has 1 atom stereocenters. The van der Waals surface area contributed by atoms with Gasteiger partial charge in [-0.15, -0.1) is 0 Å². The first kappa shape index (κ1) is 34.1. The van der Waals surface area contributed by atoms with Crippen molar-refractivity contribution in [2.45, 2.75) is 78.6 Å². The number of nitrogens with zero attached hydrogens (tertiary/aromatic N) is 1. The van der Waals surface area contributed by atoms with Gasteiger partial charge in [0.05, 0.1) is 10.6 Å². The van der Waals surface area contributed by atoms with E-state index in [9.17, 15) is 30.7 Å². The maximum absolute atomic E-state index is 13.9. The number of hydrogen-bond acceptors (Lipinski definition) is 1. The Morgan fingerprint density at radius 3 is 2.20 bits per heavy atom. The zero-order chi connectivity index (χ0) is 31.0. The van der Waals surface area contributed by atoms with Crippen molar-refractivity contribution in [3.05, 3.63) is 93.0 Å². The summed E-state index contributed by atoms with van der Waals surface area (Å²) < 4.78 is 88.2. The Kier molecular flexibility index (Phi) is 12.2. The van der Waals surface area contributed by atoms with Crippen LogP contribution in [0.2, 0.25) is 5.02 Å². The van der Waals surface area contributed by atoms with E-state index in [1.54, 1.807) is 13.0 Å². The minimum Gasteiger partial charge on any atom is -0.358 e. The maximum Gasteiger partial charge on any atom is 0.416 e. The number of alkyl halides is 6. The van der Waals surface area contributed by atoms with E-state index in [4.69, 9.17) is 11.6 Å². The van der Waals surface area contributed by atoms with Gasteiger partial charge >= 0.3 is 12.4 Å².